The molecule has 0 atom stereocenters. The molecule has 0 spiro atoms. The van der Waals surface area contributed by atoms with E-state index >= 15 is 0 Å². The van der Waals surface area contributed by atoms with Gasteiger partial charge in [-0.05, 0) is 6.42 Å². The molecule has 2 rings (SSSR count). The lowest BCUT2D eigenvalue weighted by Crippen LogP contribution is -2.35. The highest BCUT2D eigenvalue weighted by molar-refractivity contribution is 5.75. The molecular formula is C14H15O6-. The Hall–Kier alpha value is -1.92. The Bertz CT molecular complexity index is 450. The summed E-state index contributed by atoms with van der Waals surface area (Å²) in [6, 6.07) is 9.43. The van der Waals surface area contributed by atoms with Crippen LogP contribution in [0.4, 0.5) is 0 Å². The molecule has 0 bridgehead atoms. The number of rotatable bonds is 5. The van der Waals surface area contributed by atoms with Crippen molar-refractivity contribution in [2.45, 2.75) is 25.2 Å². The van der Waals surface area contributed by atoms with Gasteiger partial charge in [0.1, 0.15) is 6.10 Å². The molecule has 0 N–H and O–H groups in total. The number of carboxylic acids is 1. The topological polar surface area (TPSA) is 84.9 Å². The number of aliphatic carboxylic acids is 1. The number of hydrogen-bond acceptors (Lipinski definition) is 6. The summed E-state index contributed by atoms with van der Waals surface area (Å²) >= 11 is 0. The van der Waals surface area contributed by atoms with Crippen LogP contribution in [-0.4, -0.2) is 31.3 Å². The van der Waals surface area contributed by atoms with E-state index < -0.39 is 24.3 Å². The van der Waals surface area contributed by atoms with Crippen LogP contribution in [-0.2, 0) is 23.8 Å². The molecule has 1 fully saturated rings. The molecule has 1 heterocycles. The van der Waals surface area contributed by atoms with E-state index in [1.165, 1.54) is 0 Å². The zero-order chi connectivity index (χ0) is 14.4. The average molecular weight is 279 g/mol. The predicted octanol–water partition coefficient (Wildman–Crippen LogP) is 0.174. The average Bonchev–Trinajstić information content (AvgIpc) is 2.47. The monoisotopic (exact) mass is 279 g/mol. The highest BCUT2D eigenvalue weighted by atomic mass is 16.7. The third-order valence-corrected chi connectivity index (χ3v) is 2.77. The Balaban J connectivity index is 1.74. The van der Waals surface area contributed by atoms with Crippen molar-refractivity contribution in [2.75, 3.05) is 13.2 Å². The second-order valence-corrected chi connectivity index (χ2v) is 4.39. The summed E-state index contributed by atoms with van der Waals surface area (Å²) in [4.78, 5) is 21.6. The summed E-state index contributed by atoms with van der Waals surface area (Å²) in [5.41, 5.74) is 0.897. The van der Waals surface area contributed by atoms with Crippen molar-refractivity contribution in [3.63, 3.8) is 0 Å². The fourth-order valence-corrected chi connectivity index (χ4v) is 1.81. The van der Waals surface area contributed by atoms with Gasteiger partial charge in [0.05, 0.1) is 19.6 Å². The number of carbonyl (C=O) groups excluding carboxylic acids is 2. The highest BCUT2D eigenvalue weighted by Crippen LogP contribution is 2.23. The SMILES string of the molecule is O=C([O-])CCC(=O)OC1COC(c2ccccc2)OC1. The molecule has 6 nitrogen and oxygen atoms in total. The van der Waals surface area contributed by atoms with E-state index in [1.54, 1.807) is 0 Å². The summed E-state index contributed by atoms with van der Waals surface area (Å²) in [6.07, 6.45) is -1.53. The molecule has 1 aromatic rings. The van der Waals surface area contributed by atoms with Gasteiger partial charge in [-0.15, -0.1) is 0 Å². The minimum Gasteiger partial charge on any atom is -0.550 e. The van der Waals surface area contributed by atoms with E-state index in [-0.39, 0.29) is 26.1 Å². The molecule has 1 aromatic carbocycles. The summed E-state index contributed by atoms with van der Waals surface area (Å²) in [7, 11) is 0. The molecule has 108 valence electrons. The Labute approximate surface area is 116 Å². The number of carbonyl (C=O) groups is 2. The lowest BCUT2D eigenvalue weighted by atomic mass is 10.2. The minimum absolute atomic E-state index is 0.207. The summed E-state index contributed by atoms with van der Waals surface area (Å²) in [6.45, 7) is 0.438. The fraction of sp³-hybridized carbons (Fsp3) is 0.429. The number of carboxylic acid groups (broad SMARTS) is 1. The predicted molar refractivity (Wildman–Crippen MR) is 65.2 cm³/mol. The normalized spacial score (nSPS) is 22.2. The van der Waals surface area contributed by atoms with Crippen LogP contribution in [0.2, 0.25) is 0 Å². The number of ether oxygens (including phenoxy) is 3. The fourth-order valence-electron chi connectivity index (χ4n) is 1.81. The quantitative estimate of drug-likeness (QED) is 0.714. The van der Waals surface area contributed by atoms with E-state index in [2.05, 4.69) is 0 Å². The van der Waals surface area contributed by atoms with Crippen LogP contribution in [0.25, 0.3) is 0 Å². The van der Waals surface area contributed by atoms with Gasteiger partial charge in [-0.3, -0.25) is 4.79 Å². The summed E-state index contributed by atoms with van der Waals surface area (Å²) in [5, 5.41) is 10.2. The first kappa shape index (κ1) is 14.5. The third-order valence-electron chi connectivity index (χ3n) is 2.77. The van der Waals surface area contributed by atoms with Crippen molar-refractivity contribution in [3.05, 3.63) is 35.9 Å². The molecule has 20 heavy (non-hydrogen) atoms. The molecule has 6 heteroatoms. The Morgan fingerprint density at radius 2 is 1.80 bits per heavy atom. The maximum absolute atomic E-state index is 11.3. The highest BCUT2D eigenvalue weighted by Gasteiger charge is 2.25. The first-order chi connectivity index (χ1) is 9.65. The molecular weight excluding hydrogens is 264 g/mol. The largest absolute Gasteiger partial charge is 0.550 e. The van der Waals surface area contributed by atoms with Crippen LogP contribution in [0.5, 0.6) is 0 Å². The van der Waals surface area contributed by atoms with E-state index in [4.69, 9.17) is 14.2 Å². The molecule has 1 aliphatic heterocycles. The van der Waals surface area contributed by atoms with Crippen molar-refractivity contribution in [1.29, 1.82) is 0 Å². The molecule has 0 aliphatic carbocycles. The van der Waals surface area contributed by atoms with Gasteiger partial charge in [0.15, 0.2) is 6.29 Å². The smallest absolute Gasteiger partial charge is 0.306 e. The van der Waals surface area contributed by atoms with Gasteiger partial charge < -0.3 is 24.1 Å². The third kappa shape index (κ3) is 4.32. The van der Waals surface area contributed by atoms with Crippen molar-refractivity contribution in [1.82, 2.24) is 0 Å². The molecule has 0 unspecified atom stereocenters. The molecule has 0 radical (unpaired) electrons. The molecule has 0 saturated carbocycles. The van der Waals surface area contributed by atoms with Gasteiger partial charge in [-0.2, -0.15) is 0 Å². The summed E-state index contributed by atoms with van der Waals surface area (Å²) < 4.78 is 16.0. The Morgan fingerprint density at radius 3 is 2.40 bits per heavy atom. The van der Waals surface area contributed by atoms with Crippen molar-refractivity contribution in [3.8, 4) is 0 Å². The molecule has 0 amide bonds. The van der Waals surface area contributed by atoms with Crippen LogP contribution in [0.15, 0.2) is 30.3 Å². The lowest BCUT2D eigenvalue weighted by molar-refractivity contribution is -0.305. The summed E-state index contributed by atoms with van der Waals surface area (Å²) in [5.74, 6) is -1.87. The van der Waals surface area contributed by atoms with Crippen molar-refractivity contribution in [2.24, 2.45) is 0 Å². The Kier molecular flexibility index (Phi) is 5.09. The molecule has 1 saturated heterocycles. The van der Waals surface area contributed by atoms with Crippen LogP contribution >= 0.6 is 0 Å². The van der Waals surface area contributed by atoms with Crippen LogP contribution in [0, 0.1) is 0 Å². The van der Waals surface area contributed by atoms with E-state index in [9.17, 15) is 14.7 Å². The van der Waals surface area contributed by atoms with Gasteiger partial charge in [-0.25, -0.2) is 0 Å². The standard InChI is InChI=1S/C14H16O6/c15-12(16)6-7-13(17)20-11-8-18-14(19-9-11)10-4-2-1-3-5-10/h1-5,11,14H,6-9H2,(H,15,16)/p-1. The van der Waals surface area contributed by atoms with E-state index in [0.717, 1.165) is 5.56 Å². The second kappa shape index (κ2) is 7.02. The van der Waals surface area contributed by atoms with Crippen molar-refractivity contribution < 1.29 is 28.9 Å². The number of benzene rings is 1. The van der Waals surface area contributed by atoms with Gasteiger partial charge in [0, 0.05) is 11.5 Å². The number of esters is 1. The first-order valence-corrected chi connectivity index (χ1v) is 6.32. The zero-order valence-corrected chi connectivity index (χ0v) is 10.8. The van der Waals surface area contributed by atoms with E-state index in [0.29, 0.717) is 0 Å². The minimum atomic E-state index is -1.28. The van der Waals surface area contributed by atoms with Crippen LogP contribution in [0.1, 0.15) is 24.7 Å². The van der Waals surface area contributed by atoms with Gasteiger partial charge in [0.25, 0.3) is 0 Å². The second-order valence-electron chi connectivity index (χ2n) is 4.39. The van der Waals surface area contributed by atoms with Gasteiger partial charge >= 0.3 is 5.97 Å². The van der Waals surface area contributed by atoms with Gasteiger partial charge in [0.2, 0.25) is 0 Å². The molecule has 1 aliphatic rings. The first-order valence-electron chi connectivity index (χ1n) is 6.32. The van der Waals surface area contributed by atoms with E-state index in [1.807, 2.05) is 30.3 Å². The lowest BCUT2D eigenvalue weighted by Gasteiger charge is -2.29. The zero-order valence-electron chi connectivity index (χ0n) is 10.8. The maximum Gasteiger partial charge on any atom is 0.306 e. The maximum atomic E-state index is 11.3. The van der Waals surface area contributed by atoms with Crippen LogP contribution in [0.3, 0.4) is 0 Å². The molecule has 0 aromatic heterocycles. The number of hydrogen-bond donors (Lipinski definition) is 0. The van der Waals surface area contributed by atoms with Crippen LogP contribution < -0.4 is 5.11 Å². The van der Waals surface area contributed by atoms with Gasteiger partial charge in [-0.1, -0.05) is 30.3 Å². The Morgan fingerprint density at radius 1 is 1.15 bits per heavy atom. The van der Waals surface area contributed by atoms with Crippen molar-refractivity contribution >= 4 is 11.9 Å².